The molecule has 0 radical (unpaired) electrons. The van der Waals surface area contributed by atoms with Crippen molar-refractivity contribution < 1.29 is 9.84 Å². The van der Waals surface area contributed by atoms with Crippen molar-refractivity contribution in [2.24, 2.45) is 17.8 Å². The average Bonchev–Trinajstić information content (AvgIpc) is 2.42. The molecule has 106 valence electrons. The molecule has 1 aromatic carbocycles. The van der Waals surface area contributed by atoms with E-state index in [9.17, 15) is 5.11 Å². The predicted octanol–water partition coefficient (Wildman–Crippen LogP) is 3.66. The molecular weight excluding hydrogens is 248 g/mol. The van der Waals surface area contributed by atoms with Gasteiger partial charge in [-0.3, -0.25) is 0 Å². The number of ether oxygens (including phenoxy) is 1. The normalized spacial score (nSPS) is 40.2. The van der Waals surface area contributed by atoms with Gasteiger partial charge in [-0.05, 0) is 61.0 Å². The Morgan fingerprint density at radius 3 is 2.45 bits per heavy atom. The van der Waals surface area contributed by atoms with E-state index in [1.165, 1.54) is 30.4 Å². The molecule has 2 heteroatoms. The van der Waals surface area contributed by atoms with Crippen LogP contribution in [0.2, 0.25) is 0 Å². The van der Waals surface area contributed by atoms with Gasteiger partial charge in [-0.1, -0.05) is 30.3 Å². The van der Waals surface area contributed by atoms with E-state index in [2.05, 4.69) is 12.1 Å². The minimum absolute atomic E-state index is 0.550. The summed E-state index contributed by atoms with van der Waals surface area (Å²) in [5, 5.41) is 10.9. The maximum Gasteiger partial charge on any atom is 0.112 e. The highest BCUT2D eigenvalue weighted by Crippen LogP contribution is 2.58. The Labute approximate surface area is 120 Å². The van der Waals surface area contributed by atoms with Gasteiger partial charge in [-0.25, -0.2) is 0 Å². The van der Waals surface area contributed by atoms with Crippen LogP contribution in [0.5, 0.6) is 0 Å². The maximum absolute atomic E-state index is 10.9. The van der Waals surface area contributed by atoms with Gasteiger partial charge in [-0.2, -0.15) is 0 Å². The summed E-state index contributed by atoms with van der Waals surface area (Å²) in [5.74, 6) is 2.08. The van der Waals surface area contributed by atoms with Crippen LogP contribution in [-0.2, 0) is 11.3 Å². The third-order valence-electron chi connectivity index (χ3n) is 5.44. The molecule has 1 aromatic rings. The largest absolute Gasteiger partial charge is 0.496 e. The van der Waals surface area contributed by atoms with Gasteiger partial charge in [0.15, 0.2) is 0 Å². The molecule has 0 amide bonds. The number of aliphatic hydroxyl groups is 1. The van der Waals surface area contributed by atoms with E-state index < -0.39 is 5.60 Å². The highest BCUT2D eigenvalue weighted by Gasteiger charge is 2.53. The zero-order chi connectivity index (χ0) is 13.6. The molecular formula is C18H22O2. The van der Waals surface area contributed by atoms with Gasteiger partial charge in [0.05, 0.1) is 11.9 Å². The van der Waals surface area contributed by atoms with Gasteiger partial charge in [0, 0.05) is 0 Å². The molecule has 0 saturated heterocycles. The lowest BCUT2D eigenvalue weighted by Gasteiger charge is -2.55. The van der Waals surface area contributed by atoms with Crippen molar-refractivity contribution in [2.75, 3.05) is 0 Å². The molecule has 0 spiro atoms. The standard InChI is InChI=1S/C18H22O2/c19-18-9-14-6-15(10-18)8-16(7-14)17(18)12-20-11-13-4-2-1-3-5-13/h1-5,12,14-16,19H,6-11H2. The summed E-state index contributed by atoms with van der Waals surface area (Å²) in [5.41, 5.74) is 1.81. The third-order valence-corrected chi connectivity index (χ3v) is 5.44. The highest BCUT2D eigenvalue weighted by molar-refractivity contribution is 5.27. The predicted molar refractivity (Wildman–Crippen MR) is 77.8 cm³/mol. The number of benzene rings is 1. The maximum atomic E-state index is 10.9. The Hall–Kier alpha value is -1.28. The van der Waals surface area contributed by atoms with Gasteiger partial charge in [0.25, 0.3) is 0 Å². The first-order chi connectivity index (χ1) is 9.73. The zero-order valence-electron chi connectivity index (χ0n) is 11.8. The van der Waals surface area contributed by atoms with Crippen LogP contribution in [0.15, 0.2) is 42.2 Å². The summed E-state index contributed by atoms with van der Waals surface area (Å²) in [7, 11) is 0. The summed E-state index contributed by atoms with van der Waals surface area (Å²) >= 11 is 0. The molecule has 20 heavy (non-hydrogen) atoms. The van der Waals surface area contributed by atoms with Crippen LogP contribution in [-0.4, -0.2) is 10.7 Å². The molecule has 4 fully saturated rings. The summed E-state index contributed by atoms with van der Waals surface area (Å²) in [4.78, 5) is 0. The molecule has 2 nitrogen and oxygen atoms in total. The van der Waals surface area contributed by atoms with Gasteiger partial charge >= 0.3 is 0 Å². The van der Waals surface area contributed by atoms with Gasteiger partial charge in [-0.15, -0.1) is 0 Å². The van der Waals surface area contributed by atoms with Crippen molar-refractivity contribution in [1.29, 1.82) is 0 Å². The molecule has 0 aromatic heterocycles. The minimum Gasteiger partial charge on any atom is -0.496 e. The van der Waals surface area contributed by atoms with Crippen molar-refractivity contribution in [1.82, 2.24) is 0 Å². The topological polar surface area (TPSA) is 29.5 Å². The van der Waals surface area contributed by atoms with Crippen LogP contribution >= 0.6 is 0 Å². The van der Waals surface area contributed by atoms with E-state index in [4.69, 9.17) is 4.74 Å². The van der Waals surface area contributed by atoms with Crippen LogP contribution < -0.4 is 0 Å². The average molecular weight is 270 g/mol. The number of rotatable bonds is 3. The SMILES string of the molecule is OC12CC3CC(CC(C3)C1=COCc1ccccc1)C2. The summed E-state index contributed by atoms with van der Waals surface area (Å²) < 4.78 is 5.79. The molecule has 4 bridgehead atoms. The van der Waals surface area contributed by atoms with E-state index in [0.717, 1.165) is 24.7 Å². The smallest absolute Gasteiger partial charge is 0.112 e. The van der Waals surface area contributed by atoms with E-state index in [-0.39, 0.29) is 0 Å². The first-order valence-corrected chi connectivity index (χ1v) is 7.81. The van der Waals surface area contributed by atoms with Crippen molar-refractivity contribution in [3.63, 3.8) is 0 Å². The first-order valence-electron chi connectivity index (χ1n) is 7.81. The fraction of sp³-hybridized carbons (Fsp3) is 0.556. The third kappa shape index (κ3) is 2.07. The lowest BCUT2D eigenvalue weighted by Crippen LogP contribution is -2.52. The van der Waals surface area contributed by atoms with E-state index >= 15 is 0 Å². The minimum atomic E-state index is -0.550. The molecule has 0 aliphatic heterocycles. The molecule has 4 aliphatic rings. The van der Waals surface area contributed by atoms with Crippen LogP contribution in [0.3, 0.4) is 0 Å². The fourth-order valence-electron chi connectivity index (χ4n) is 4.81. The lowest BCUT2D eigenvalue weighted by molar-refractivity contribution is -0.0792. The molecule has 4 aliphatic carbocycles. The van der Waals surface area contributed by atoms with Crippen molar-refractivity contribution in [2.45, 2.75) is 44.3 Å². The summed E-state index contributed by atoms with van der Waals surface area (Å²) in [6, 6.07) is 10.2. The highest BCUT2D eigenvalue weighted by atomic mass is 16.5. The Bertz CT molecular complexity index is 505. The van der Waals surface area contributed by atoms with Crippen LogP contribution in [0, 0.1) is 17.8 Å². The second-order valence-electron chi connectivity index (χ2n) is 6.95. The molecule has 2 unspecified atom stereocenters. The summed E-state index contributed by atoms with van der Waals surface area (Å²) in [6.45, 7) is 0.597. The fourth-order valence-corrected chi connectivity index (χ4v) is 4.81. The molecule has 1 N–H and O–H groups in total. The molecule has 4 saturated carbocycles. The van der Waals surface area contributed by atoms with E-state index in [1.807, 2.05) is 24.5 Å². The Morgan fingerprint density at radius 1 is 1.10 bits per heavy atom. The van der Waals surface area contributed by atoms with Crippen molar-refractivity contribution >= 4 is 0 Å². The molecule has 5 rings (SSSR count). The van der Waals surface area contributed by atoms with E-state index in [0.29, 0.717) is 12.5 Å². The zero-order valence-corrected chi connectivity index (χ0v) is 11.8. The van der Waals surface area contributed by atoms with Crippen LogP contribution in [0.25, 0.3) is 0 Å². The monoisotopic (exact) mass is 270 g/mol. The van der Waals surface area contributed by atoms with Crippen LogP contribution in [0.4, 0.5) is 0 Å². The quantitative estimate of drug-likeness (QED) is 0.849. The van der Waals surface area contributed by atoms with Crippen LogP contribution in [0.1, 0.15) is 37.7 Å². The van der Waals surface area contributed by atoms with Crippen molar-refractivity contribution in [3.05, 3.63) is 47.7 Å². The number of hydrogen-bond donors (Lipinski definition) is 1. The number of hydrogen-bond acceptors (Lipinski definition) is 2. The lowest BCUT2D eigenvalue weighted by atomic mass is 9.52. The van der Waals surface area contributed by atoms with Gasteiger partial charge in [0.1, 0.15) is 6.61 Å². The Kier molecular flexibility index (Phi) is 2.88. The first kappa shape index (κ1) is 12.5. The van der Waals surface area contributed by atoms with E-state index in [1.54, 1.807) is 0 Å². The van der Waals surface area contributed by atoms with Gasteiger partial charge in [0.2, 0.25) is 0 Å². The summed E-state index contributed by atoms with van der Waals surface area (Å²) in [6.07, 6.45) is 7.67. The second kappa shape index (κ2) is 4.63. The molecule has 2 atom stereocenters. The van der Waals surface area contributed by atoms with Crippen molar-refractivity contribution in [3.8, 4) is 0 Å². The molecule has 0 heterocycles. The Balaban J connectivity index is 1.49. The van der Waals surface area contributed by atoms with Gasteiger partial charge < -0.3 is 9.84 Å². The Morgan fingerprint density at radius 2 is 1.80 bits per heavy atom. The second-order valence-corrected chi connectivity index (χ2v) is 6.95.